The number of hydrogen-bond donors (Lipinski definition) is 0. The number of nitrogens with zero attached hydrogens (tertiary/aromatic N) is 2. The Bertz CT molecular complexity index is 272. The zero-order valence-corrected chi connectivity index (χ0v) is 8.58. The van der Waals surface area contributed by atoms with Gasteiger partial charge in [0.25, 0.3) is 5.78 Å². The highest BCUT2D eigenvalue weighted by Gasteiger charge is 2.29. The van der Waals surface area contributed by atoms with E-state index in [-0.39, 0.29) is 6.61 Å². The summed E-state index contributed by atoms with van der Waals surface area (Å²) in [6, 6.07) is 0. The summed E-state index contributed by atoms with van der Waals surface area (Å²) in [5.74, 6) is -2.11. The average Bonchev–Trinajstić information content (AvgIpc) is 2.19. The van der Waals surface area contributed by atoms with Crippen molar-refractivity contribution in [2.24, 2.45) is 0 Å². The van der Waals surface area contributed by atoms with E-state index in [2.05, 4.69) is 9.53 Å². The summed E-state index contributed by atoms with van der Waals surface area (Å²) in [5.41, 5.74) is 7.71. The number of rotatable bonds is 6. The number of hydrogen-bond acceptors (Lipinski definition) is 3. The summed E-state index contributed by atoms with van der Waals surface area (Å²) in [6.45, 7) is 2.13. The fourth-order valence-corrected chi connectivity index (χ4v) is 0.778. The maximum atomic E-state index is 11.1. The largest absolute Gasteiger partial charge is 0.457 e. The molecule has 78 valence electrons. The van der Waals surface area contributed by atoms with E-state index in [1.54, 1.807) is 0 Å². The molecule has 0 amide bonds. The summed E-state index contributed by atoms with van der Waals surface area (Å²) in [4.78, 5) is 24.5. The lowest BCUT2D eigenvalue weighted by Gasteiger charge is -1.98. The number of ether oxygens (including phenoxy) is 1. The van der Waals surface area contributed by atoms with Gasteiger partial charge in [0.2, 0.25) is 0 Å². The first-order valence-electron chi connectivity index (χ1n) is 4.15. The highest BCUT2D eigenvalue weighted by molar-refractivity contribution is 6.65. The van der Waals surface area contributed by atoms with Crippen molar-refractivity contribution in [3.8, 4) is 0 Å². The van der Waals surface area contributed by atoms with E-state index >= 15 is 0 Å². The highest BCUT2D eigenvalue weighted by Crippen LogP contribution is 1.91. The first kappa shape index (κ1) is 12.8. The number of ketones is 1. The molecule has 0 aliphatic heterocycles. The SMILES string of the molecule is CCCCOC(=O)C(=[N+]=[N-])C(=O)CCl. The Hall–Kier alpha value is -1.19. The van der Waals surface area contributed by atoms with Crippen LogP contribution in [0.15, 0.2) is 0 Å². The average molecular weight is 219 g/mol. The first-order valence-corrected chi connectivity index (χ1v) is 4.69. The number of carbonyl (C=O) groups excluding carboxylic acids is 2. The fourth-order valence-electron chi connectivity index (χ4n) is 0.651. The molecular weight excluding hydrogens is 208 g/mol. The van der Waals surface area contributed by atoms with Gasteiger partial charge in [0.15, 0.2) is 0 Å². The normalized spacial score (nSPS) is 9.00. The minimum absolute atomic E-state index is 0.198. The van der Waals surface area contributed by atoms with Crippen LogP contribution in [0.4, 0.5) is 0 Å². The summed E-state index contributed by atoms with van der Waals surface area (Å²) in [6.07, 6.45) is 1.56. The van der Waals surface area contributed by atoms with Gasteiger partial charge in [-0.1, -0.05) is 13.3 Å². The second-order valence-electron chi connectivity index (χ2n) is 2.49. The molecule has 0 aromatic carbocycles. The third kappa shape index (κ3) is 4.16. The van der Waals surface area contributed by atoms with Gasteiger partial charge >= 0.3 is 11.7 Å². The van der Waals surface area contributed by atoms with E-state index in [1.807, 2.05) is 6.92 Å². The lowest BCUT2D eigenvalue weighted by Crippen LogP contribution is -2.28. The van der Waals surface area contributed by atoms with Crippen LogP contribution in [0.2, 0.25) is 0 Å². The summed E-state index contributed by atoms with van der Waals surface area (Å²) in [7, 11) is 0. The lowest BCUT2D eigenvalue weighted by atomic mass is 10.3. The smallest absolute Gasteiger partial charge is 0.442 e. The van der Waals surface area contributed by atoms with Crippen molar-refractivity contribution >= 4 is 29.1 Å². The topological polar surface area (TPSA) is 79.8 Å². The standard InChI is InChI=1S/C8H11ClN2O3/c1-2-3-4-14-8(13)7(11-10)6(12)5-9/h2-5H2,1H3. The van der Waals surface area contributed by atoms with Gasteiger partial charge in [0.1, 0.15) is 0 Å². The Kier molecular flexibility index (Phi) is 6.62. The van der Waals surface area contributed by atoms with Crippen LogP contribution in [0.1, 0.15) is 19.8 Å². The molecule has 0 bridgehead atoms. The molecule has 0 unspecified atom stereocenters. The zero-order valence-electron chi connectivity index (χ0n) is 7.83. The maximum Gasteiger partial charge on any atom is 0.442 e. The molecule has 0 saturated carbocycles. The molecule has 5 nitrogen and oxygen atoms in total. The van der Waals surface area contributed by atoms with Crippen LogP contribution < -0.4 is 0 Å². The third-order valence-electron chi connectivity index (χ3n) is 1.41. The molecule has 14 heavy (non-hydrogen) atoms. The molecule has 0 fully saturated rings. The molecule has 6 heteroatoms. The van der Waals surface area contributed by atoms with Crippen molar-refractivity contribution in [2.45, 2.75) is 19.8 Å². The number of esters is 1. The lowest BCUT2D eigenvalue weighted by molar-refractivity contribution is -0.142. The van der Waals surface area contributed by atoms with Gasteiger partial charge in [-0.15, -0.1) is 11.6 Å². The van der Waals surface area contributed by atoms with Crippen LogP contribution in [0.3, 0.4) is 0 Å². The molecule has 0 spiro atoms. The minimum atomic E-state index is -0.938. The van der Waals surface area contributed by atoms with Crippen molar-refractivity contribution in [2.75, 3.05) is 12.5 Å². The number of carbonyl (C=O) groups is 2. The monoisotopic (exact) mass is 218 g/mol. The number of alkyl halides is 1. The number of Topliss-reactive ketones (excluding diaryl/α,β-unsaturated/α-hetero) is 1. The summed E-state index contributed by atoms with van der Waals surface area (Å²) >= 11 is 5.18. The van der Waals surface area contributed by atoms with Crippen LogP contribution in [0, 0.1) is 0 Å². The molecule has 0 aliphatic carbocycles. The van der Waals surface area contributed by atoms with Crippen molar-refractivity contribution in [3.63, 3.8) is 0 Å². The van der Waals surface area contributed by atoms with E-state index in [1.165, 1.54) is 0 Å². The zero-order chi connectivity index (χ0) is 11.0. The Morgan fingerprint density at radius 3 is 2.57 bits per heavy atom. The highest BCUT2D eigenvalue weighted by atomic mass is 35.5. The van der Waals surface area contributed by atoms with Gasteiger partial charge < -0.3 is 10.3 Å². The molecule has 0 aromatic rings. The van der Waals surface area contributed by atoms with Crippen LogP contribution in [0.25, 0.3) is 5.53 Å². The van der Waals surface area contributed by atoms with E-state index in [4.69, 9.17) is 17.1 Å². The van der Waals surface area contributed by atoms with E-state index in [0.717, 1.165) is 6.42 Å². The van der Waals surface area contributed by atoms with Crippen LogP contribution >= 0.6 is 11.6 Å². The quantitative estimate of drug-likeness (QED) is 0.126. The predicted molar refractivity (Wildman–Crippen MR) is 50.2 cm³/mol. The van der Waals surface area contributed by atoms with Crippen LogP contribution in [0.5, 0.6) is 0 Å². The molecule has 0 aromatic heterocycles. The van der Waals surface area contributed by atoms with Gasteiger partial charge in [-0.2, -0.15) is 4.79 Å². The van der Waals surface area contributed by atoms with Crippen molar-refractivity contribution in [1.82, 2.24) is 0 Å². The molecule has 0 aliphatic rings. The molecule has 0 saturated heterocycles. The van der Waals surface area contributed by atoms with Crippen molar-refractivity contribution < 1.29 is 19.1 Å². The summed E-state index contributed by atoms with van der Waals surface area (Å²) < 4.78 is 4.65. The Labute approximate surface area is 86.6 Å². The number of halogens is 1. The van der Waals surface area contributed by atoms with E-state index < -0.39 is 23.3 Å². The third-order valence-corrected chi connectivity index (χ3v) is 1.65. The minimum Gasteiger partial charge on any atom is -0.457 e. The van der Waals surface area contributed by atoms with Crippen molar-refractivity contribution in [1.29, 1.82) is 0 Å². The Balaban J connectivity index is 4.21. The van der Waals surface area contributed by atoms with Gasteiger partial charge in [0.05, 0.1) is 12.5 Å². The molecule has 0 N–H and O–H groups in total. The summed E-state index contributed by atoms with van der Waals surface area (Å²) in [5, 5.41) is 0. The number of unbranched alkanes of at least 4 members (excludes halogenated alkanes) is 1. The molecule has 0 rings (SSSR count). The second kappa shape index (κ2) is 7.24. The Morgan fingerprint density at radius 2 is 2.14 bits per heavy atom. The van der Waals surface area contributed by atoms with Crippen molar-refractivity contribution in [3.05, 3.63) is 5.53 Å². The van der Waals surface area contributed by atoms with Gasteiger partial charge in [0, 0.05) is 0 Å². The van der Waals surface area contributed by atoms with Gasteiger partial charge in [-0.25, -0.2) is 4.79 Å². The van der Waals surface area contributed by atoms with Crippen LogP contribution in [-0.2, 0) is 14.3 Å². The van der Waals surface area contributed by atoms with Gasteiger partial charge in [-0.3, -0.25) is 4.79 Å². The second-order valence-corrected chi connectivity index (χ2v) is 2.76. The van der Waals surface area contributed by atoms with Crippen LogP contribution in [-0.4, -0.2) is 34.7 Å². The Morgan fingerprint density at radius 1 is 1.50 bits per heavy atom. The predicted octanol–water partition coefficient (Wildman–Crippen LogP) is 0.808. The van der Waals surface area contributed by atoms with E-state index in [0.29, 0.717) is 6.42 Å². The maximum absolute atomic E-state index is 11.1. The molecule has 0 radical (unpaired) electrons. The van der Waals surface area contributed by atoms with Gasteiger partial charge in [-0.05, 0) is 6.42 Å². The molecule has 0 atom stereocenters. The fraction of sp³-hybridized carbons (Fsp3) is 0.625. The molecular formula is C8H11ClN2O3. The van der Waals surface area contributed by atoms with E-state index in [9.17, 15) is 9.59 Å². The molecule has 0 heterocycles. The first-order chi connectivity index (χ1) is 6.67.